The number of aromatic nitrogens is 6. The Balaban J connectivity index is 0.983. The van der Waals surface area contributed by atoms with Gasteiger partial charge in [-0.15, -0.1) is 10.2 Å². The number of furan rings is 1. The smallest absolute Gasteiger partial charge is 0.164 e. The minimum absolute atomic E-state index is 0.581. The van der Waals surface area contributed by atoms with Crippen molar-refractivity contribution in [3.05, 3.63) is 194 Å². The molecule has 0 bridgehead atoms. The molecule has 12 rings (SSSR count). The van der Waals surface area contributed by atoms with Gasteiger partial charge in [-0.3, -0.25) is 0 Å². The van der Waals surface area contributed by atoms with Gasteiger partial charge in [-0.1, -0.05) is 152 Å². The summed E-state index contributed by atoms with van der Waals surface area (Å²) >= 11 is 0. The van der Waals surface area contributed by atoms with E-state index in [-0.39, 0.29) is 0 Å². The molecule has 0 spiro atoms. The van der Waals surface area contributed by atoms with E-state index in [1.165, 1.54) is 0 Å². The van der Waals surface area contributed by atoms with E-state index < -0.39 is 0 Å². The molecule has 0 aliphatic carbocycles. The Hall–Kier alpha value is -8.29. The van der Waals surface area contributed by atoms with Gasteiger partial charge < -0.3 is 4.42 Å². The minimum Gasteiger partial charge on any atom is -0.456 e. The van der Waals surface area contributed by atoms with Crippen LogP contribution in [0.2, 0.25) is 0 Å². The van der Waals surface area contributed by atoms with Gasteiger partial charge in [0, 0.05) is 32.8 Å². The maximum atomic E-state index is 6.28. The molecule has 3 heterocycles. The molecular formula is C53H32N6O. The van der Waals surface area contributed by atoms with Crippen LogP contribution in [0.25, 0.3) is 117 Å². The summed E-state index contributed by atoms with van der Waals surface area (Å²) in [6.45, 7) is 0. The van der Waals surface area contributed by atoms with E-state index in [4.69, 9.17) is 29.6 Å². The maximum absolute atomic E-state index is 6.28. The van der Waals surface area contributed by atoms with Gasteiger partial charge >= 0.3 is 0 Å². The molecule has 7 heteroatoms. The van der Waals surface area contributed by atoms with Crippen molar-refractivity contribution >= 4 is 54.5 Å². The number of benzene rings is 9. The first-order valence-electron chi connectivity index (χ1n) is 19.9. The lowest BCUT2D eigenvalue weighted by Crippen LogP contribution is -2.00. The van der Waals surface area contributed by atoms with E-state index in [0.29, 0.717) is 17.5 Å². The number of para-hydroxylation sites is 2. The lowest BCUT2D eigenvalue weighted by molar-refractivity contribution is 0.669. The molecule has 3 aromatic heterocycles. The number of hydrogen-bond donors (Lipinski definition) is 0. The third-order valence-electron chi connectivity index (χ3n) is 11.3. The van der Waals surface area contributed by atoms with Crippen molar-refractivity contribution in [1.82, 2.24) is 29.9 Å². The second kappa shape index (κ2) is 13.7. The minimum atomic E-state index is 0.581. The van der Waals surface area contributed by atoms with Crippen molar-refractivity contribution in [1.29, 1.82) is 0 Å². The van der Waals surface area contributed by atoms with Crippen LogP contribution in [0, 0.1) is 0 Å². The van der Waals surface area contributed by atoms with Crippen LogP contribution in [-0.2, 0) is 0 Å². The Bertz CT molecular complexity index is 3590. The van der Waals surface area contributed by atoms with E-state index in [0.717, 1.165) is 99.1 Å². The maximum Gasteiger partial charge on any atom is 0.164 e. The number of hydrogen-bond acceptors (Lipinski definition) is 6. The Labute approximate surface area is 343 Å². The molecule has 0 N–H and O–H groups in total. The summed E-state index contributed by atoms with van der Waals surface area (Å²) < 4.78 is 6.28. The molecule has 0 radical (unpaired) electrons. The summed E-state index contributed by atoms with van der Waals surface area (Å²) in [6.07, 6.45) is 0. The second-order valence-electron chi connectivity index (χ2n) is 15.0. The van der Waals surface area contributed by atoms with Gasteiger partial charge in [0.2, 0.25) is 0 Å². The van der Waals surface area contributed by atoms with Crippen LogP contribution < -0.4 is 0 Å². The average molecular weight is 769 g/mol. The van der Waals surface area contributed by atoms with Crippen molar-refractivity contribution in [2.75, 3.05) is 0 Å². The fraction of sp³-hybridized carbons (Fsp3) is 0. The summed E-state index contributed by atoms with van der Waals surface area (Å²) in [7, 11) is 0. The van der Waals surface area contributed by atoms with Crippen molar-refractivity contribution in [3.8, 4) is 62.1 Å². The zero-order chi connectivity index (χ0) is 39.6. The van der Waals surface area contributed by atoms with Gasteiger partial charge in [-0.2, -0.15) is 4.80 Å². The highest BCUT2D eigenvalue weighted by Gasteiger charge is 2.19. The quantitative estimate of drug-likeness (QED) is 0.157. The summed E-state index contributed by atoms with van der Waals surface area (Å²) in [5, 5.41) is 16.3. The van der Waals surface area contributed by atoms with Gasteiger partial charge in [-0.25, -0.2) is 15.0 Å². The zero-order valence-electron chi connectivity index (χ0n) is 32.1. The first kappa shape index (κ1) is 33.8. The molecule has 0 saturated heterocycles. The normalized spacial score (nSPS) is 11.7. The van der Waals surface area contributed by atoms with Crippen LogP contribution in [0.3, 0.4) is 0 Å². The Morgan fingerprint density at radius 3 is 1.85 bits per heavy atom. The van der Waals surface area contributed by atoms with Crippen LogP contribution in [0.15, 0.2) is 199 Å². The summed E-state index contributed by atoms with van der Waals surface area (Å²) in [6, 6.07) is 66.6. The van der Waals surface area contributed by atoms with E-state index in [9.17, 15) is 0 Å². The highest BCUT2D eigenvalue weighted by atomic mass is 16.3. The van der Waals surface area contributed by atoms with Crippen molar-refractivity contribution in [2.45, 2.75) is 0 Å². The molecule has 60 heavy (non-hydrogen) atoms. The van der Waals surface area contributed by atoms with E-state index in [1.54, 1.807) is 4.80 Å². The molecule has 0 fully saturated rings. The summed E-state index contributed by atoms with van der Waals surface area (Å²) in [5.74, 6) is 1.76. The lowest BCUT2D eigenvalue weighted by Gasteiger charge is -2.11. The van der Waals surface area contributed by atoms with Crippen molar-refractivity contribution in [2.24, 2.45) is 0 Å². The Morgan fingerprint density at radius 1 is 0.367 bits per heavy atom. The first-order chi connectivity index (χ1) is 29.7. The van der Waals surface area contributed by atoms with Crippen molar-refractivity contribution < 1.29 is 4.42 Å². The van der Waals surface area contributed by atoms with Crippen LogP contribution in [0.4, 0.5) is 0 Å². The average Bonchev–Trinajstić information content (AvgIpc) is 3.94. The molecule has 0 unspecified atom stereocenters. The van der Waals surface area contributed by atoms with Gasteiger partial charge in [0.05, 0.1) is 5.69 Å². The predicted octanol–water partition coefficient (Wildman–Crippen LogP) is 13.1. The molecule has 7 nitrogen and oxygen atoms in total. The fourth-order valence-corrected chi connectivity index (χ4v) is 8.38. The van der Waals surface area contributed by atoms with Gasteiger partial charge in [0.15, 0.2) is 17.5 Å². The number of nitrogens with zero attached hydrogens (tertiary/aromatic N) is 6. The summed E-state index contributed by atoms with van der Waals surface area (Å²) in [4.78, 5) is 17.2. The molecular weight excluding hydrogens is 737 g/mol. The third kappa shape index (κ3) is 5.71. The highest BCUT2D eigenvalue weighted by molar-refractivity contribution is 6.18. The molecule has 0 aliphatic rings. The molecule has 12 aromatic rings. The van der Waals surface area contributed by atoms with Crippen molar-refractivity contribution in [3.63, 3.8) is 0 Å². The van der Waals surface area contributed by atoms with Crippen LogP contribution >= 0.6 is 0 Å². The van der Waals surface area contributed by atoms with Crippen LogP contribution in [-0.4, -0.2) is 29.9 Å². The standard InChI is InChI=1S/C53H32N6O/c1-3-11-33(12-4-1)34-21-24-36(25-22-34)51-54-52(56-53(55-51)44-18-10-20-47-49(44)43-17-7-8-19-46(43)60-47)40-14-9-13-37(32-40)38-27-29-42-39(31-38)26-23-35-28-30-45-50(48(35)42)58-59(57-45)41-15-5-2-6-16-41/h1-32H. The molecule has 0 amide bonds. The van der Waals surface area contributed by atoms with Crippen LogP contribution in [0.1, 0.15) is 0 Å². The predicted molar refractivity (Wildman–Crippen MR) is 242 cm³/mol. The molecule has 0 atom stereocenters. The van der Waals surface area contributed by atoms with Gasteiger partial charge in [0.25, 0.3) is 0 Å². The number of fused-ring (bicyclic) bond motifs is 8. The second-order valence-corrected chi connectivity index (χ2v) is 15.0. The molecule has 0 aliphatic heterocycles. The third-order valence-corrected chi connectivity index (χ3v) is 11.3. The monoisotopic (exact) mass is 768 g/mol. The lowest BCUT2D eigenvalue weighted by atomic mass is 9.96. The zero-order valence-corrected chi connectivity index (χ0v) is 32.1. The first-order valence-corrected chi connectivity index (χ1v) is 19.9. The van der Waals surface area contributed by atoms with E-state index in [2.05, 4.69) is 121 Å². The SMILES string of the molecule is c1ccc(-c2ccc(-c3nc(-c4cccc(-c5ccc6c(ccc7ccc8nn(-c9ccccc9)nc8c76)c5)c4)nc(-c4cccc5oc6ccccc6c45)n3)cc2)cc1. The fourth-order valence-electron chi connectivity index (χ4n) is 8.38. The topological polar surface area (TPSA) is 82.5 Å². The van der Waals surface area contributed by atoms with Gasteiger partial charge in [0.1, 0.15) is 22.2 Å². The largest absolute Gasteiger partial charge is 0.456 e. The number of rotatable bonds is 6. The van der Waals surface area contributed by atoms with E-state index >= 15 is 0 Å². The van der Waals surface area contributed by atoms with Crippen LogP contribution in [0.5, 0.6) is 0 Å². The Kier molecular flexibility index (Phi) is 7.71. The van der Waals surface area contributed by atoms with E-state index in [1.807, 2.05) is 72.8 Å². The van der Waals surface area contributed by atoms with Gasteiger partial charge in [-0.05, 0) is 80.9 Å². The highest BCUT2D eigenvalue weighted by Crippen LogP contribution is 2.38. The molecule has 9 aromatic carbocycles. The molecule has 280 valence electrons. The Morgan fingerprint density at radius 2 is 0.983 bits per heavy atom. The molecule has 0 saturated carbocycles. The summed E-state index contributed by atoms with van der Waals surface area (Å²) in [5.41, 5.74) is 11.4.